The molecule has 0 aliphatic carbocycles. The van der Waals surface area contributed by atoms with E-state index in [1.165, 1.54) is 37.8 Å². The van der Waals surface area contributed by atoms with Gasteiger partial charge in [-0.05, 0) is 45.4 Å². The molecular weight excluding hydrogens is 238 g/mol. The van der Waals surface area contributed by atoms with Crippen molar-refractivity contribution in [2.24, 2.45) is 0 Å². The average Bonchev–Trinajstić information content (AvgIpc) is 2.88. The maximum atomic E-state index is 12.1. The third kappa shape index (κ3) is 3.31. The maximum Gasteiger partial charge on any atom is 0.335 e. The molecule has 0 unspecified atom stereocenters. The molecule has 108 valence electrons. The molecule has 0 amide bonds. The fourth-order valence-electron chi connectivity index (χ4n) is 3.39. The van der Waals surface area contributed by atoms with Crippen molar-refractivity contribution in [3.05, 3.63) is 11.3 Å². The summed E-state index contributed by atoms with van der Waals surface area (Å²) in [4.78, 5) is 14.6. The number of ether oxygens (including phenoxy) is 1. The van der Waals surface area contributed by atoms with Gasteiger partial charge in [0.1, 0.15) is 0 Å². The zero-order valence-corrected chi connectivity index (χ0v) is 12.4. The predicted octanol–water partition coefficient (Wildman–Crippen LogP) is 3.64. The maximum absolute atomic E-state index is 12.1. The van der Waals surface area contributed by atoms with Crippen molar-refractivity contribution < 1.29 is 9.53 Å². The first-order valence-corrected chi connectivity index (χ1v) is 7.93. The van der Waals surface area contributed by atoms with Gasteiger partial charge in [0.05, 0.1) is 12.2 Å². The minimum atomic E-state index is -0.0700. The van der Waals surface area contributed by atoms with Crippen LogP contribution in [0.25, 0.3) is 0 Å². The van der Waals surface area contributed by atoms with Crippen LogP contribution in [0.2, 0.25) is 0 Å². The third-order valence-corrected chi connectivity index (χ3v) is 4.34. The topological polar surface area (TPSA) is 29.5 Å². The summed E-state index contributed by atoms with van der Waals surface area (Å²) in [6, 6.07) is 0.690. The van der Waals surface area contributed by atoms with Gasteiger partial charge in [-0.1, -0.05) is 19.8 Å². The number of unbranched alkanes of at least 4 members (excludes halogenated alkanes) is 2. The van der Waals surface area contributed by atoms with Gasteiger partial charge in [-0.3, -0.25) is 0 Å². The summed E-state index contributed by atoms with van der Waals surface area (Å²) in [6.07, 6.45) is 9.35. The second kappa shape index (κ2) is 6.97. The molecule has 0 aromatic heterocycles. The van der Waals surface area contributed by atoms with Gasteiger partial charge in [0.25, 0.3) is 0 Å². The molecule has 0 bridgehead atoms. The van der Waals surface area contributed by atoms with Crippen LogP contribution in [0.3, 0.4) is 0 Å². The Morgan fingerprint density at radius 1 is 1.32 bits per heavy atom. The molecule has 1 atom stereocenters. The number of nitrogens with zero attached hydrogens (tertiary/aromatic N) is 1. The Bertz CT molecular complexity index is 349. The molecule has 2 aliphatic rings. The zero-order valence-electron chi connectivity index (χ0n) is 12.4. The quantitative estimate of drug-likeness (QED) is 0.542. The molecule has 0 saturated carbocycles. The van der Waals surface area contributed by atoms with Crippen molar-refractivity contribution >= 4 is 5.97 Å². The number of fused-ring (bicyclic) bond motifs is 1. The van der Waals surface area contributed by atoms with Crippen molar-refractivity contribution in [1.29, 1.82) is 0 Å². The lowest BCUT2D eigenvalue weighted by atomic mass is 9.94. The van der Waals surface area contributed by atoms with E-state index in [2.05, 4.69) is 11.8 Å². The Labute approximate surface area is 117 Å². The summed E-state index contributed by atoms with van der Waals surface area (Å²) in [7, 11) is 0. The number of rotatable bonds is 6. The lowest BCUT2D eigenvalue weighted by molar-refractivity contribution is -0.139. The Kier molecular flexibility index (Phi) is 5.29. The number of hydrogen-bond donors (Lipinski definition) is 0. The summed E-state index contributed by atoms with van der Waals surface area (Å²) < 4.78 is 5.24. The Morgan fingerprint density at radius 3 is 2.89 bits per heavy atom. The highest BCUT2D eigenvalue weighted by Crippen LogP contribution is 2.36. The molecular formula is C16H27NO2. The molecule has 0 aromatic carbocycles. The summed E-state index contributed by atoms with van der Waals surface area (Å²) in [5, 5.41) is 0. The molecule has 1 saturated heterocycles. The van der Waals surface area contributed by atoms with Crippen molar-refractivity contribution in [3.63, 3.8) is 0 Å². The monoisotopic (exact) mass is 265 g/mol. The molecule has 0 N–H and O–H groups in total. The summed E-state index contributed by atoms with van der Waals surface area (Å²) in [5.41, 5.74) is 2.27. The minimum absolute atomic E-state index is 0.0700. The van der Waals surface area contributed by atoms with Crippen LogP contribution in [-0.4, -0.2) is 30.1 Å². The van der Waals surface area contributed by atoms with E-state index in [0.29, 0.717) is 12.6 Å². The first kappa shape index (κ1) is 14.4. The van der Waals surface area contributed by atoms with E-state index < -0.39 is 0 Å². The Hall–Kier alpha value is -0.990. The summed E-state index contributed by atoms with van der Waals surface area (Å²) in [5.74, 6) is -0.0700. The van der Waals surface area contributed by atoms with E-state index >= 15 is 0 Å². The number of carbonyl (C=O) groups excluding carboxylic acids is 1. The SMILES string of the molecule is CCCCCC1=C(C(=O)OCC)CC[C@@H]2CCCN12. The van der Waals surface area contributed by atoms with Gasteiger partial charge in [-0.2, -0.15) is 0 Å². The van der Waals surface area contributed by atoms with Crippen LogP contribution < -0.4 is 0 Å². The largest absolute Gasteiger partial charge is 0.463 e. The van der Waals surface area contributed by atoms with E-state index in [0.717, 1.165) is 31.4 Å². The van der Waals surface area contributed by atoms with E-state index in [9.17, 15) is 4.79 Å². The zero-order chi connectivity index (χ0) is 13.7. The van der Waals surface area contributed by atoms with Crippen molar-refractivity contribution in [3.8, 4) is 0 Å². The fourth-order valence-corrected chi connectivity index (χ4v) is 3.39. The molecule has 2 aliphatic heterocycles. The normalized spacial score (nSPS) is 22.6. The molecule has 19 heavy (non-hydrogen) atoms. The molecule has 2 rings (SSSR count). The number of carbonyl (C=O) groups is 1. The number of allylic oxidation sites excluding steroid dienone is 1. The lowest BCUT2D eigenvalue weighted by Crippen LogP contribution is -2.35. The Morgan fingerprint density at radius 2 is 2.16 bits per heavy atom. The molecule has 0 aromatic rings. The highest BCUT2D eigenvalue weighted by atomic mass is 16.5. The first-order valence-electron chi connectivity index (χ1n) is 7.93. The first-order chi connectivity index (χ1) is 9.27. The molecule has 2 heterocycles. The predicted molar refractivity (Wildman–Crippen MR) is 76.8 cm³/mol. The van der Waals surface area contributed by atoms with Crippen molar-refractivity contribution in [1.82, 2.24) is 4.90 Å². The third-order valence-electron chi connectivity index (χ3n) is 4.34. The Balaban J connectivity index is 2.14. The van der Waals surface area contributed by atoms with Gasteiger partial charge >= 0.3 is 5.97 Å². The van der Waals surface area contributed by atoms with Crippen LogP contribution in [0.15, 0.2) is 11.3 Å². The second-order valence-corrected chi connectivity index (χ2v) is 5.63. The van der Waals surface area contributed by atoms with E-state index in [1.807, 2.05) is 6.92 Å². The smallest absolute Gasteiger partial charge is 0.335 e. The van der Waals surface area contributed by atoms with Crippen LogP contribution in [0.4, 0.5) is 0 Å². The summed E-state index contributed by atoms with van der Waals surface area (Å²) in [6.45, 7) is 5.72. The van der Waals surface area contributed by atoms with Crippen LogP contribution in [-0.2, 0) is 9.53 Å². The van der Waals surface area contributed by atoms with Crippen LogP contribution in [0.1, 0.15) is 65.2 Å². The van der Waals surface area contributed by atoms with Gasteiger partial charge in [0.15, 0.2) is 0 Å². The second-order valence-electron chi connectivity index (χ2n) is 5.63. The van der Waals surface area contributed by atoms with Crippen molar-refractivity contribution in [2.45, 2.75) is 71.3 Å². The molecule has 3 nitrogen and oxygen atoms in total. The highest BCUT2D eigenvalue weighted by molar-refractivity contribution is 5.89. The van der Waals surface area contributed by atoms with Gasteiger partial charge in [-0.15, -0.1) is 0 Å². The lowest BCUT2D eigenvalue weighted by Gasteiger charge is -2.35. The van der Waals surface area contributed by atoms with Gasteiger partial charge < -0.3 is 9.64 Å². The van der Waals surface area contributed by atoms with Gasteiger partial charge in [0, 0.05) is 18.3 Å². The highest BCUT2D eigenvalue weighted by Gasteiger charge is 2.34. The standard InChI is InChI=1S/C16H27NO2/c1-3-5-6-9-15-14(16(18)19-4-2)11-10-13-8-7-12-17(13)15/h13H,3-12H2,1-2H3/t13-/m0/s1. The molecule has 0 radical (unpaired) electrons. The van der Waals surface area contributed by atoms with E-state index in [-0.39, 0.29) is 5.97 Å². The molecule has 0 spiro atoms. The summed E-state index contributed by atoms with van der Waals surface area (Å²) >= 11 is 0. The van der Waals surface area contributed by atoms with Crippen molar-refractivity contribution in [2.75, 3.05) is 13.2 Å². The van der Waals surface area contributed by atoms with Crippen LogP contribution in [0, 0.1) is 0 Å². The fraction of sp³-hybridized carbons (Fsp3) is 0.812. The van der Waals surface area contributed by atoms with E-state index in [4.69, 9.17) is 4.74 Å². The minimum Gasteiger partial charge on any atom is -0.463 e. The molecule has 1 fully saturated rings. The van der Waals surface area contributed by atoms with E-state index in [1.54, 1.807) is 0 Å². The van der Waals surface area contributed by atoms with Crippen LogP contribution >= 0.6 is 0 Å². The molecule has 3 heteroatoms. The van der Waals surface area contributed by atoms with Crippen LogP contribution in [0.5, 0.6) is 0 Å². The average molecular weight is 265 g/mol. The van der Waals surface area contributed by atoms with Gasteiger partial charge in [-0.25, -0.2) is 4.79 Å². The number of hydrogen-bond acceptors (Lipinski definition) is 3. The van der Waals surface area contributed by atoms with Gasteiger partial charge in [0.2, 0.25) is 0 Å². The number of esters is 1.